The van der Waals surface area contributed by atoms with Gasteiger partial charge in [0.15, 0.2) is 0 Å². The first kappa shape index (κ1) is 15.4. The lowest BCUT2D eigenvalue weighted by Gasteiger charge is -2.06. The highest BCUT2D eigenvalue weighted by molar-refractivity contribution is 6.41. The fourth-order valence-corrected chi connectivity index (χ4v) is 2.56. The average molecular weight is 352 g/mol. The van der Waals surface area contributed by atoms with Gasteiger partial charge >= 0.3 is 0 Å². The molecule has 0 amide bonds. The molecule has 0 heterocycles. The molecule has 7 heteroatoms. The maximum atomic E-state index is 13.5. The Kier molecular flexibility index (Phi) is 5.11. The topological polar surface area (TPSA) is 24.4 Å². The van der Waals surface area contributed by atoms with Gasteiger partial charge in [-0.25, -0.2) is 4.39 Å². The van der Waals surface area contributed by atoms with Crippen LogP contribution in [0.2, 0.25) is 20.1 Å². The zero-order valence-corrected chi connectivity index (χ0v) is 12.8. The summed E-state index contributed by atoms with van der Waals surface area (Å²) in [5.41, 5.74) is 3.18. The number of benzene rings is 2. The van der Waals surface area contributed by atoms with Crippen molar-refractivity contribution in [3.8, 4) is 0 Å². The van der Waals surface area contributed by atoms with E-state index in [1.54, 1.807) is 6.07 Å². The Morgan fingerprint density at radius 3 is 2.25 bits per heavy atom. The molecule has 0 unspecified atom stereocenters. The van der Waals surface area contributed by atoms with Crippen LogP contribution in [0.25, 0.3) is 0 Å². The van der Waals surface area contributed by atoms with Crippen molar-refractivity contribution in [2.75, 3.05) is 5.43 Å². The second-order valence-corrected chi connectivity index (χ2v) is 5.41. The number of anilines is 1. The fourth-order valence-electron chi connectivity index (χ4n) is 1.44. The molecule has 0 atom stereocenters. The summed E-state index contributed by atoms with van der Waals surface area (Å²) in [4.78, 5) is 0. The van der Waals surface area contributed by atoms with Crippen LogP contribution < -0.4 is 5.43 Å². The van der Waals surface area contributed by atoms with Crippen molar-refractivity contribution in [3.63, 3.8) is 0 Å². The van der Waals surface area contributed by atoms with Crippen LogP contribution in [0.5, 0.6) is 0 Å². The van der Waals surface area contributed by atoms with E-state index in [2.05, 4.69) is 10.5 Å². The van der Waals surface area contributed by atoms with Crippen LogP contribution in [-0.2, 0) is 0 Å². The van der Waals surface area contributed by atoms with E-state index in [1.165, 1.54) is 30.5 Å². The van der Waals surface area contributed by atoms with Crippen LogP contribution >= 0.6 is 46.4 Å². The van der Waals surface area contributed by atoms with E-state index in [4.69, 9.17) is 46.4 Å². The van der Waals surface area contributed by atoms with Crippen LogP contribution in [0.3, 0.4) is 0 Å². The Labute approximate surface area is 135 Å². The molecule has 0 aliphatic heterocycles. The highest BCUT2D eigenvalue weighted by atomic mass is 35.5. The first-order valence-corrected chi connectivity index (χ1v) is 6.88. The Balaban J connectivity index is 2.23. The Morgan fingerprint density at radius 1 is 1.00 bits per heavy atom. The molecule has 2 aromatic rings. The maximum Gasteiger partial charge on any atom is 0.133 e. The molecule has 0 aromatic heterocycles. The van der Waals surface area contributed by atoms with Crippen molar-refractivity contribution >= 4 is 58.3 Å². The zero-order chi connectivity index (χ0) is 14.7. The summed E-state index contributed by atoms with van der Waals surface area (Å²) in [7, 11) is 0. The Hall–Kier alpha value is -1.000. The summed E-state index contributed by atoms with van der Waals surface area (Å²) in [6.07, 6.45) is 1.25. The third kappa shape index (κ3) is 3.55. The predicted molar refractivity (Wildman–Crippen MR) is 84.1 cm³/mol. The average Bonchev–Trinajstić information content (AvgIpc) is 2.35. The van der Waals surface area contributed by atoms with Crippen LogP contribution in [0.1, 0.15) is 5.56 Å². The number of hydrogen-bond acceptors (Lipinski definition) is 2. The molecule has 2 rings (SSSR count). The number of nitrogens with zero attached hydrogens (tertiary/aromatic N) is 1. The van der Waals surface area contributed by atoms with Crippen LogP contribution in [-0.4, -0.2) is 6.21 Å². The van der Waals surface area contributed by atoms with Crippen molar-refractivity contribution in [2.24, 2.45) is 5.10 Å². The van der Waals surface area contributed by atoms with Gasteiger partial charge in [0.25, 0.3) is 0 Å². The minimum atomic E-state index is -0.476. The fraction of sp³-hybridized carbons (Fsp3) is 0. The van der Waals surface area contributed by atoms with Gasteiger partial charge in [0.2, 0.25) is 0 Å². The maximum absolute atomic E-state index is 13.5. The molecule has 2 nitrogen and oxygen atoms in total. The van der Waals surface area contributed by atoms with E-state index >= 15 is 0 Å². The molecule has 0 radical (unpaired) electrons. The highest BCUT2D eigenvalue weighted by Crippen LogP contribution is 2.33. The summed E-state index contributed by atoms with van der Waals surface area (Å²) in [6, 6.07) is 7.39. The number of nitrogens with one attached hydrogen (secondary N) is 1. The molecular weight excluding hydrogens is 345 g/mol. The zero-order valence-electron chi connectivity index (χ0n) is 9.80. The summed E-state index contributed by atoms with van der Waals surface area (Å²) >= 11 is 23.6. The van der Waals surface area contributed by atoms with Crippen molar-refractivity contribution < 1.29 is 4.39 Å². The lowest BCUT2D eigenvalue weighted by molar-refractivity contribution is 0.626. The Bertz CT molecular complexity index is 630. The molecule has 0 aliphatic carbocycles. The lowest BCUT2D eigenvalue weighted by Crippen LogP contribution is -1.95. The van der Waals surface area contributed by atoms with Gasteiger partial charge in [-0.05, 0) is 24.3 Å². The largest absolute Gasteiger partial charge is 0.275 e. The first-order valence-electron chi connectivity index (χ1n) is 5.36. The number of hydrogen-bond donors (Lipinski definition) is 1. The quantitative estimate of drug-likeness (QED) is 0.541. The van der Waals surface area contributed by atoms with Crippen molar-refractivity contribution in [1.82, 2.24) is 0 Å². The molecule has 0 saturated heterocycles. The Morgan fingerprint density at radius 2 is 1.65 bits per heavy atom. The van der Waals surface area contributed by atoms with Gasteiger partial charge < -0.3 is 0 Å². The molecule has 0 fully saturated rings. The molecule has 0 saturated carbocycles. The molecule has 0 aliphatic rings. The van der Waals surface area contributed by atoms with E-state index in [-0.39, 0.29) is 10.6 Å². The smallest absolute Gasteiger partial charge is 0.133 e. The number of rotatable bonds is 3. The number of halogens is 5. The normalized spacial score (nSPS) is 11.1. The third-order valence-electron chi connectivity index (χ3n) is 2.38. The van der Waals surface area contributed by atoms with E-state index < -0.39 is 5.82 Å². The van der Waals surface area contributed by atoms with Crippen LogP contribution in [0, 0.1) is 5.82 Å². The summed E-state index contributed by atoms with van der Waals surface area (Å²) < 4.78 is 13.5. The van der Waals surface area contributed by atoms with Gasteiger partial charge in [0.1, 0.15) is 5.82 Å². The van der Waals surface area contributed by atoms with Gasteiger partial charge in [0.05, 0.1) is 27.0 Å². The van der Waals surface area contributed by atoms with Gasteiger partial charge in [-0.15, -0.1) is 0 Å². The van der Waals surface area contributed by atoms with E-state index in [0.717, 1.165) is 0 Å². The number of hydrazone groups is 1. The van der Waals surface area contributed by atoms with Gasteiger partial charge in [0, 0.05) is 10.6 Å². The monoisotopic (exact) mass is 350 g/mol. The van der Waals surface area contributed by atoms with Crippen molar-refractivity contribution in [1.29, 1.82) is 0 Å². The second kappa shape index (κ2) is 6.64. The second-order valence-electron chi connectivity index (χ2n) is 3.75. The summed E-state index contributed by atoms with van der Waals surface area (Å²) in [5.74, 6) is -0.476. The van der Waals surface area contributed by atoms with Gasteiger partial charge in [-0.2, -0.15) is 5.10 Å². The molecule has 2 aromatic carbocycles. The molecule has 0 spiro atoms. The van der Waals surface area contributed by atoms with Gasteiger partial charge in [-0.1, -0.05) is 52.5 Å². The van der Waals surface area contributed by atoms with Crippen molar-refractivity contribution in [2.45, 2.75) is 0 Å². The van der Waals surface area contributed by atoms with E-state index in [1.807, 2.05) is 0 Å². The lowest BCUT2D eigenvalue weighted by atomic mass is 10.2. The minimum Gasteiger partial charge on any atom is -0.275 e. The van der Waals surface area contributed by atoms with Crippen LogP contribution in [0.4, 0.5) is 10.1 Å². The first-order chi connectivity index (χ1) is 9.49. The van der Waals surface area contributed by atoms with E-state index in [0.29, 0.717) is 20.8 Å². The molecule has 20 heavy (non-hydrogen) atoms. The summed E-state index contributed by atoms with van der Waals surface area (Å²) in [6.45, 7) is 0. The molecule has 0 bridgehead atoms. The predicted octanol–water partition coefficient (Wildman–Crippen LogP) is 5.89. The van der Waals surface area contributed by atoms with Gasteiger partial charge in [-0.3, -0.25) is 5.43 Å². The molecule has 1 N–H and O–H groups in total. The standard InChI is InChI=1S/C13H7Cl4FN2/c14-7-4-10(16)13(11(17)5-7)20-19-6-8-9(15)2-1-3-12(8)18/h1-6,20H/b19-6-. The summed E-state index contributed by atoms with van der Waals surface area (Å²) in [5, 5.41) is 5.15. The molecule has 104 valence electrons. The molecular formula is C13H7Cl4FN2. The highest BCUT2D eigenvalue weighted by Gasteiger charge is 2.07. The van der Waals surface area contributed by atoms with Crippen LogP contribution in [0.15, 0.2) is 35.4 Å². The SMILES string of the molecule is Fc1cccc(Cl)c1/C=N\Nc1c(Cl)cc(Cl)cc1Cl. The minimum absolute atomic E-state index is 0.169. The third-order valence-corrected chi connectivity index (χ3v) is 3.52. The van der Waals surface area contributed by atoms with Crippen molar-refractivity contribution in [3.05, 3.63) is 61.8 Å². The van der Waals surface area contributed by atoms with E-state index in [9.17, 15) is 4.39 Å².